The molecule has 0 saturated heterocycles. The van der Waals surface area contributed by atoms with Crippen molar-refractivity contribution >= 4 is 5.97 Å². The summed E-state index contributed by atoms with van der Waals surface area (Å²) in [6.07, 6.45) is 0.736. The van der Waals surface area contributed by atoms with Crippen molar-refractivity contribution in [3.8, 4) is 0 Å². The Labute approximate surface area is 109 Å². The van der Waals surface area contributed by atoms with E-state index in [1.807, 2.05) is 0 Å². The van der Waals surface area contributed by atoms with Crippen LogP contribution in [0.2, 0.25) is 0 Å². The van der Waals surface area contributed by atoms with Crippen molar-refractivity contribution in [2.45, 2.75) is 12.1 Å². The summed E-state index contributed by atoms with van der Waals surface area (Å²) in [5.41, 5.74) is 0.488. The van der Waals surface area contributed by atoms with Crippen LogP contribution in [-0.2, 0) is 14.3 Å². The molecule has 102 valence electrons. The number of carbonyl (C=O) groups excluding carboxylic acids is 1. The van der Waals surface area contributed by atoms with Crippen molar-refractivity contribution in [1.82, 2.24) is 5.32 Å². The van der Waals surface area contributed by atoms with Crippen LogP contribution in [0.1, 0.15) is 11.6 Å². The fourth-order valence-corrected chi connectivity index (χ4v) is 2.09. The summed E-state index contributed by atoms with van der Waals surface area (Å²) in [7, 11) is 2.66. The van der Waals surface area contributed by atoms with Crippen molar-refractivity contribution in [2.24, 2.45) is 0 Å². The summed E-state index contributed by atoms with van der Waals surface area (Å²) in [5, 5.41) is 2.85. The van der Waals surface area contributed by atoms with E-state index in [4.69, 9.17) is 4.74 Å². The van der Waals surface area contributed by atoms with Crippen molar-refractivity contribution in [1.29, 1.82) is 0 Å². The molecule has 4 nitrogen and oxygen atoms in total. The number of ether oxygens (including phenoxy) is 2. The highest BCUT2D eigenvalue weighted by Crippen LogP contribution is 2.31. The maximum atomic E-state index is 13.7. The minimum absolute atomic E-state index is 0.225. The molecule has 1 aromatic rings. The van der Waals surface area contributed by atoms with Gasteiger partial charge in [0.2, 0.25) is 0 Å². The SMILES string of the molecule is COC(=O)C1=CNC(c2ccc(F)cc2F)C1OC. The van der Waals surface area contributed by atoms with Crippen LogP contribution in [0.4, 0.5) is 8.78 Å². The van der Waals surface area contributed by atoms with Crippen molar-refractivity contribution in [3.05, 3.63) is 47.2 Å². The molecule has 19 heavy (non-hydrogen) atoms. The largest absolute Gasteiger partial charge is 0.466 e. The van der Waals surface area contributed by atoms with Gasteiger partial charge in [0.25, 0.3) is 0 Å². The van der Waals surface area contributed by atoms with Crippen molar-refractivity contribution in [3.63, 3.8) is 0 Å². The maximum absolute atomic E-state index is 13.7. The third kappa shape index (κ3) is 2.44. The maximum Gasteiger partial charge on any atom is 0.337 e. The molecule has 2 unspecified atom stereocenters. The fraction of sp³-hybridized carbons (Fsp3) is 0.308. The minimum Gasteiger partial charge on any atom is -0.466 e. The van der Waals surface area contributed by atoms with E-state index in [1.165, 1.54) is 26.5 Å². The number of benzene rings is 1. The zero-order valence-corrected chi connectivity index (χ0v) is 10.4. The van der Waals surface area contributed by atoms with E-state index >= 15 is 0 Å². The zero-order valence-electron chi connectivity index (χ0n) is 10.4. The second-order valence-electron chi connectivity index (χ2n) is 4.06. The first-order valence-electron chi connectivity index (χ1n) is 5.60. The van der Waals surface area contributed by atoms with E-state index in [2.05, 4.69) is 10.1 Å². The zero-order chi connectivity index (χ0) is 14.0. The molecule has 1 heterocycles. The number of methoxy groups -OCH3 is 2. The molecule has 0 spiro atoms. The van der Waals surface area contributed by atoms with E-state index in [0.29, 0.717) is 0 Å². The van der Waals surface area contributed by atoms with E-state index in [-0.39, 0.29) is 11.1 Å². The standard InChI is InChI=1S/C13H13F2NO3/c1-18-12-9(13(17)19-2)6-16-11(12)8-4-3-7(14)5-10(8)15/h3-6,11-12,16H,1-2H3. The molecule has 0 aromatic heterocycles. The van der Waals surface area contributed by atoms with E-state index in [1.54, 1.807) is 0 Å². The second-order valence-corrected chi connectivity index (χ2v) is 4.06. The molecule has 0 aliphatic carbocycles. The first-order valence-corrected chi connectivity index (χ1v) is 5.60. The van der Waals surface area contributed by atoms with Gasteiger partial charge in [-0.1, -0.05) is 6.07 Å². The lowest BCUT2D eigenvalue weighted by molar-refractivity contribution is -0.137. The Balaban J connectivity index is 2.30. The normalized spacial score (nSPS) is 21.8. The predicted octanol–water partition coefficient (Wildman–Crippen LogP) is 1.68. The Kier molecular flexibility index (Phi) is 3.80. The molecule has 0 fully saturated rings. The summed E-state index contributed by atoms with van der Waals surface area (Å²) in [5.74, 6) is -1.90. The highest BCUT2D eigenvalue weighted by molar-refractivity contribution is 5.90. The summed E-state index contributed by atoms with van der Waals surface area (Å²) < 4.78 is 36.5. The van der Waals surface area contributed by atoms with Gasteiger partial charge in [-0.05, 0) is 6.07 Å². The summed E-state index contributed by atoms with van der Waals surface area (Å²) >= 11 is 0. The van der Waals surface area contributed by atoms with Crippen molar-refractivity contribution < 1.29 is 23.0 Å². The topological polar surface area (TPSA) is 47.6 Å². The van der Waals surface area contributed by atoms with Gasteiger partial charge in [-0.2, -0.15) is 0 Å². The van der Waals surface area contributed by atoms with Gasteiger partial charge in [-0.3, -0.25) is 0 Å². The number of hydrogen-bond acceptors (Lipinski definition) is 4. The van der Waals surface area contributed by atoms with E-state index in [9.17, 15) is 13.6 Å². The lowest BCUT2D eigenvalue weighted by Gasteiger charge is -2.21. The molecule has 1 aromatic carbocycles. The van der Waals surface area contributed by atoms with Gasteiger partial charge >= 0.3 is 5.97 Å². The molecule has 0 amide bonds. The Morgan fingerprint density at radius 2 is 2.05 bits per heavy atom. The Morgan fingerprint density at radius 3 is 2.63 bits per heavy atom. The second kappa shape index (κ2) is 5.36. The summed E-state index contributed by atoms with van der Waals surface area (Å²) in [6.45, 7) is 0. The first kappa shape index (κ1) is 13.5. The number of hydrogen-bond donors (Lipinski definition) is 1. The van der Waals surface area contributed by atoms with Crippen LogP contribution in [0.25, 0.3) is 0 Å². The van der Waals surface area contributed by atoms with Gasteiger partial charge < -0.3 is 14.8 Å². The van der Waals surface area contributed by atoms with Gasteiger partial charge in [0.1, 0.15) is 17.7 Å². The van der Waals surface area contributed by atoms with Gasteiger partial charge in [-0.15, -0.1) is 0 Å². The van der Waals surface area contributed by atoms with Crippen LogP contribution in [0, 0.1) is 11.6 Å². The molecular formula is C13H13F2NO3. The molecule has 0 bridgehead atoms. The predicted molar refractivity (Wildman–Crippen MR) is 63.1 cm³/mol. The van der Waals surface area contributed by atoms with Gasteiger partial charge in [0.15, 0.2) is 0 Å². The molecule has 0 saturated carbocycles. The van der Waals surface area contributed by atoms with Gasteiger partial charge in [-0.25, -0.2) is 13.6 Å². The smallest absolute Gasteiger partial charge is 0.337 e. The van der Waals surface area contributed by atoms with Crippen LogP contribution >= 0.6 is 0 Å². The van der Waals surface area contributed by atoms with Gasteiger partial charge in [0, 0.05) is 24.9 Å². The Morgan fingerprint density at radius 1 is 1.32 bits per heavy atom. The van der Waals surface area contributed by atoms with Crippen LogP contribution in [0.5, 0.6) is 0 Å². The quantitative estimate of drug-likeness (QED) is 0.848. The Bertz CT molecular complexity index is 531. The van der Waals surface area contributed by atoms with Crippen LogP contribution in [-0.4, -0.2) is 26.3 Å². The van der Waals surface area contributed by atoms with E-state index < -0.39 is 29.7 Å². The molecular weight excluding hydrogens is 256 g/mol. The van der Waals surface area contributed by atoms with Crippen LogP contribution in [0.15, 0.2) is 30.0 Å². The van der Waals surface area contributed by atoms with Crippen LogP contribution < -0.4 is 5.32 Å². The highest BCUT2D eigenvalue weighted by atomic mass is 19.1. The molecule has 6 heteroatoms. The molecule has 2 atom stereocenters. The highest BCUT2D eigenvalue weighted by Gasteiger charge is 2.36. The summed E-state index contributed by atoms with van der Waals surface area (Å²) in [6, 6.07) is 2.67. The molecule has 1 aliphatic rings. The monoisotopic (exact) mass is 269 g/mol. The first-order chi connectivity index (χ1) is 9.08. The molecule has 1 N–H and O–H groups in total. The Hall–Kier alpha value is -1.95. The van der Waals surface area contributed by atoms with Crippen LogP contribution in [0.3, 0.4) is 0 Å². The fourth-order valence-electron chi connectivity index (χ4n) is 2.09. The van der Waals surface area contributed by atoms with Gasteiger partial charge in [0.05, 0.1) is 18.7 Å². The number of esters is 1. The van der Waals surface area contributed by atoms with E-state index in [0.717, 1.165) is 12.1 Å². The average Bonchev–Trinajstić information content (AvgIpc) is 2.81. The minimum atomic E-state index is -0.695. The number of carbonyl (C=O) groups is 1. The number of nitrogens with one attached hydrogen (secondary N) is 1. The lowest BCUT2D eigenvalue weighted by Crippen LogP contribution is -2.28. The average molecular weight is 269 g/mol. The number of halogens is 2. The van der Waals surface area contributed by atoms with Crippen molar-refractivity contribution in [2.75, 3.05) is 14.2 Å². The molecule has 2 rings (SSSR count). The molecule has 1 aliphatic heterocycles. The third-order valence-electron chi connectivity index (χ3n) is 3.00. The summed E-state index contributed by atoms with van der Waals surface area (Å²) in [4.78, 5) is 11.5. The molecule has 0 radical (unpaired) electrons. The third-order valence-corrected chi connectivity index (χ3v) is 3.00. The lowest BCUT2D eigenvalue weighted by atomic mass is 9.99. The number of rotatable bonds is 3.